The van der Waals surface area contributed by atoms with Gasteiger partial charge in [-0.3, -0.25) is 14.9 Å². The fourth-order valence-electron chi connectivity index (χ4n) is 3.72. The second kappa shape index (κ2) is 6.69. The van der Waals surface area contributed by atoms with Crippen LogP contribution in [0.15, 0.2) is 57.5 Å². The van der Waals surface area contributed by atoms with Crippen LogP contribution in [-0.2, 0) is 0 Å². The molecule has 2 aromatic rings. The Kier molecular flexibility index (Phi) is 4.07. The Morgan fingerprint density at radius 2 is 2.10 bits per heavy atom. The lowest BCUT2D eigenvalue weighted by molar-refractivity contribution is -0.384. The second-order valence-corrected chi connectivity index (χ2v) is 7.40. The summed E-state index contributed by atoms with van der Waals surface area (Å²) in [6, 6.07) is 5.75. The van der Waals surface area contributed by atoms with E-state index in [-0.39, 0.29) is 23.0 Å². The van der Waals surface area contributed by atoms with E-state index < -0.39 is 33.9 Å². The summed E-state index contributed by atoms with van der Waals surface area (Å²) >= 11 is 0. The molecule has 1 aliphatic carbocycles. The first kappa shape index (κ1) is 18.9. The van der Waals surface area contributed by atoms with Crippen molar-refractivity contribution in [3.8, 4) is 0 Å². The lowest BCUT2D eigenvalue weighted by atomic mass is 10.0. The van der Waals surface area contributed by atoms with E-state index in [0.29, 0.717) is 11.4 Å². The summed E-state index contributed by atoms with van der Waals surface area (Å²) in [7, 11) is 0. The van der Waals surface area contributed by atoms with Gasteiger partial charge in [-0.25, -0.2) is 9.18 Å². The number of fused-ring (bicyclic) bond motifs is 3. The molecule has 156 valence electrons. The van der Waals surface area contributed by atoms with Crippen molar-refractivity contribution in [1.82, 2.24) is 4.57 Å². The Morgan fingerprint density at radius 1 is 1.32 bits per heavy atom. The van der Waals surface area contributed by atoms with E-state index >= 15 is 0 Å². The number of halogens is 1. The zero-order valence-corrected chi connectivity index (χ0v) is 15.8. The molecule has 0 spiro atoms. The highest BCUT2D eigenvalue weighted by Crippen LogP contribution is 2.44. The molecule has 1 N–H and O–H groups in total. The minimum atomic E-state index is -1.38. The van der Waals surface area contributed by atoms with Crippen LogP contribution in [0.2, 0.25) is 0 Å². The first-order valence-electron chi connectivity index (χ1n) is 9.40. The normalized spacial score (nSPS) is 19.3. The maximum absolute atomic E-state index is 14.8. The van der Waals surface area contributed by atoms with Gasteiger partial charge in [-0.1, -0.05) is 12.1 Å². The zero-order valence-electron chi connectivity index (χ0n) is 15.8. The zero-order chi connectivity index (χ0) is 21.9. The monoisotopic (exact) mass is 423 g/mol. The number of aromatic carboxylic acids is 1. The molecule has 31 heavy (non-hydrogen) atoms. The molecule has 1 aromatic heterocycles. The molecule has 0 amide bonds. The second-order valence-electron chi connectivity index (χ2n) is 7.40. The van der Waals surface area contributed by atoms with E-state index in [0.717, 1.165) is 18.9 Å². The molecule has 0 bridgehead atoms. The van der Waals surface area contributed by atoms with E-state index in [1.807, 2.05) is 0 Å². The van der Waals surface area contributed by atoms with Crippen LogP contribution in [0, 0.1) is 10.1 Å². The highest BCUT2D eigenvalue weighted by molar-refractivity contribution is 5.90. The van der Waals surface area contributed by atoms with Crippen LogP contribution in [0.5, 0.6) is 0 Å². The molecule has 3 aliphatic rings. The summed E-state index contributed by atoms with van der Waals surface area (Å²) < 4.78 is 16.5. The number of nitrogens with zero attached hydrogens (tertiary/aromatic N) is 5. The summed E-state index contributed by atoms with van der Waals surface area (Å²) in [5.41, 5.74) is -0.794. The van der Waals surface area contributed by atoms with Crippen molar-refractivity contribution in [2.45, 2.75) is 25.0 Å². The molecular formula is C20H14FN5O5. The fraction of sp³-hybridized carbons (Fsp3) is 0.200. The molecule has 0 saturated heterocycles. The molecule has 11 heteroatoms. The van der Waals surface area contributed by atoms with Gasteiger partial charge < -0.3 is 14.6 Å². The number of anilines is 1. The molecule has 1 aromatic carbocycles. The van der Waals surface area contributed by atoms with Crippen LogP contribution in [0.4, 0.5) is 15.9 Å². The molecule has 0 radical (unpaired) electrons. The summed E-state index contributed by atoms with van der Waals surface area (Å²) in [6.45, 7) is 0. The quantitative estimate of drug-likeness (QED) is 0.589. The molecule has 3 heterocycles. The van der Waals surface area contributed by atoms with Crippen molar-refractivity contribution in [1.29, 1.82) is 0 Å². The van der Waals surface area contributed by atoms with Gasteiger partial charge in [0.2, 0.25) is 5.43 Å². The number of rotatable bonds is 4. The van der Waals surface area contributed by atoms with Crippen LogP contribution >= 0.6 is 0 Å². The van der Waals surface area contributed by atoms with Gasteiger partial charge in [0, 0.05) is 36.1 Å². The first-order valence-corrected chi connectivity index (χ1v) is 9.40. The number of nitro benzene ring substituents is 1. The average molecular weight is 423 g/mol. The van der Waals surface area contributed by atoms with Crippen molar-refractivity contribution in [2.24, 2.45) is 10.2 Å². The minimum Gasteiger partial charge on any atom is -0.477 e. The maximum atomic E-state index is 14.8. The molecule has 1 atom stereocenters. The SMILES string of the molecule is O=C(O)c1cn(C2CC2)c2c(c1=O)C=C(F)C1N=NC(c3cccc([N+](=O)[O-])c3)=CN21. The summed E-state index contributed by atoms with van der Waals surface area (Å²) in [4.78, 5) is 36.3. The van der Waals surface area contributed by atoms with Crippen molar-refractivity contribution < 1.29 is 19.2 Å². The predicted molar refractivity (Wildman–Crippen MR) is 107 cm³/mol. The molecule has 2 aliphatic heterocycles. The smallest absolute Gasteiger partial charge is 0.341 e. The highest BCUT2D eigenvalue weighted by Gasteiger charge is 2.38. The number of pyridine rings is 1. The van der Waals surface area contributed by atoms with Gasteiger partial charge in [0.1, 0.15) is 22.9 Å². The summed E-state index contributed by atoms with van der Waals surface area (Å²) in [5.74, 6) is -1.82. The number of aromatic nitrogens is 1. The number of hydrogen-bond acceptors (Lipinski definition) is 7. The van der Waals surface area contributed by atoms with E-state index in [4.69, 9.17) is 0 Å². The van der Waals surface area contributed by atoms with Crippen LogP contribution in [0.3, 0.4) is 0 Å². The lowest BCUT2D eigenvalue weighted by Gasteiger charge is -2.35. The average Bonchev–Trinajstić information content (AvgIpc) is 3.59. The Bertz CT molecular complexity index is 1310. The van der Waals surface area contributed by atoms with Gasteiger partial charge in [-0.15, -0.1) is 0 Å². The van der Waals surface area contributed by atoms with Crippen LogP contribution in [0.25, 0.3) is 11.8 Å². The largest absolute Gasteiger partial charge is 0.477 e. The number of carboxylic acid groups (broad SMARTS) is 1. The number of benzene rings is 1. The molecule has 1 saturated carbocycles. The Hall–Kier alpha value is -4.15. The molecule has 10 nitrogen and oxygen atoms in total. The lowest BCUT2D eigenvalue weighted by Crippen LogP contribution is -2.39. The van der Waals surface area contributed by atoms with Gasteiger partial charge >= 0.3 is 5.97 Å². The number of hydrogen-bond donors (Lipinski definition) is 1. The maximum Gasteiger partial charge on any atom is 0.341 e. The third-order valence-electron chi connectivity index (χ3n) is 5.34. The fourth-order valence-corrected chi connectivity index (χ4v) is 3.72. The van der Waals surface area contributed by atoms with Crippen molar-refractivity contribution in [3.05, 3.63) is 79.5 Å². The topological polar surface area (TPSA) is 130 Å². The van der Waals surface area contributed by atoms with E-state index in [1.54, 1.807) is 10.6 Å². The minimum absolute atomic E-state index is 0.0174. The standard InChI is InChI=1S/C20H14FN5O5/c21-15-7-13-17(27)14(20(28)29)8-24(11-4-5-11)19(13)25-9-16(22-23-18(15)25)10-2-1-3-12(6-10)26(30)31/h1-3,6-9,11,18H,4-5H2,(H,28,29). The number of carboxylic acids is 1. The first-order chi connectivity index (χ1) is 14.8. The molecular weight excluding hydrogens is 409 g/mol. The number of non-ortho nitro benzene ring substituents is 1. The van der Waals surface area contributed by atoms with Crippen LogP contribution in [0.1, 0.15) is 40.4 Å². The van der Waals surface area contributed by atoms with Crippen molar-refractivity contribution >= 4 is 29.2 Å². The van der Waals surface area contributed by atoms with Crippen molar-refractivity contribution in [3.63, 3.8) is 0 Å². The summed E-state index contributed by atoms with van der Waals surface area (Å²) in [6.07, 6.45) is 4.21. The van der Waals surface area contributed by atoms with E-state index in [2.05, 4.69) is 10.2 Å². The third-order valence-corrected chi connectivity index (χ3v) is 5.34. The highest BCUT2D eigenvalue weighted by atomic mass is 19.1. The predicted octanol–water partition coefficient (Wildman–Crippen LogP) is 3.71. The van der Waals surface area contributed by atoms with Crippen LogP contribution in [-0.4, -0.2) is 26.7 Å². The molecule has 1 unspecified atom stereocenters. The Labute approximate surface area is 173 Å². The van der Waals surface area contributed by atoms with Gasteiger partial charge in [-0.2, -0.15) is 10.2 Å². The molecule has 1 fully saturated rings. The number of azo groups is 1. The Balaban J connectivity index is 1.70. The summed E-state index contributed by atoms with van der Waals surface area (Å²) in [5, 5.41) is 28.5. The van der Waals surface area contributed by atoms with Gasteiger partial charge in [0.25, 0.3) is 5.69 Å². The van der Waals surface area contributed by atoms with Gasteiger partial charge in [0.05, 0.1) is 10.5 Å². The molecule has 5 rings (SSSR count). The van der Waals surface area contributed by atoms with Crippen LogP contribution < -0.4 is 10.3 Å². The van der Waals surface area contributed by atoms with Gasteiger partial charge in [-0.05, 0) is 18.9 Å². The Morgan fingerprint density at radius 3 is 2.77 bits per heavy atom. The third kappa shape index (κ3) is 3.01. The van der Waals surface area contributed by atoms with E-state index in [1.165, 1.54) is 35.5 Å². The van der Waals surface area contributed by atoms with Gasteiger partial charge in [0.15, 0.2) is 6.17 Å². The van der Waals surface area contributed by atoms with E-state index in [9.17, 15) is 29.2 Å². The number of carbonyl (C=O) groups is 1. The number of nitro groups is 1. The van der Waals surface area contributed by atoms with Crippen molar-refractivity contribution in [2.75, 3.05) is 4.90 Å².